The zero-order chi connectivity index (χ0) is 8.43. The van der Waals surface area contributed by atoms with Gasteiger partial charge in [-0.2, -0.15) is 0 Å². The molecule has 0 aromatic carbocycles. The molecule has 0 aliphatic carbocycles. The van der Waals surface area contributed by atoms with Crippen LogP contribution in [0.25, 0.3) is 0 Å². The molecule has 11 heavy (non-hydrogen) atoms. The van der Waals surface area contributed by atoms with E-state index in [1.165, 1.54) is 4.68 Å². The predicted molar refractivity (Wildman–Crippen MR) is 39.0 cm³/mol. The van der Waals surface area contributed by atoms with Crippen LogP contribution in [-0.2, 0) is 7.05 Å². The van der Waals surface area contributed by atoms with Crippen LogP contribution in [0.4, 0.5) is 0 Å². The Bertz CT molecular complexity index is 265. The standard InChI is InChI=1S/C6H10N4O/c1-4(7)6(11)5-3-10(2)9-8-5/h3-4H,7H2,1-2H3/t4-/m1/s1. The summed E-state index contributed by atoms with van der Waals surface area (Å²) in [6.07, 6.45) is 1.55. The van der Waals surface area contributed by atoms with Crippen LogP contribution in [0.15, 0.2) is 6.20 Å². The molecule has 1 atom stereocenters. The van der Waals surface area contributed by atoms with Gasteiger partial charge >= 0.3 is 0 Å². The van der Waals surface area contributed by atoms with Gasteiger partial charge < -0.3 is 5.73 Å². The van der Waals surface area contributed by atoms with E-state index in [9.17, 15) is 4.79 Å². The summed E-state index contributed by atoms with van der Waals surface area (Å²) in [4.78, 5) is 11.1. The average Bonchev–Trinajstić information content (AvgIpc) is 2.34. The third-order valence-corrected chi connectivity index (χ3v) is 1.27. The lowest BCUT2D eigenvalue weighted by Crippen LogP contribution is -2.26. The number of carbonyl (C=O) groups excluding carboxylic acids is 1. The third kappa shape index (κ3) is 1.62. The maximum absolute atomic E-state index is 11.1. The number of hydrogen-bond donors (Lipinski definition) is 1. The summed E-state index contributed by atoms with van der Waals surface area (Å²) in [7, 11) is 1.70. The van der Waals surface area contributed by atoms with E-state index in [0.717, 1.165) is 0 Å². The first-order chi connectivity index (χ1) is 5.11. The van der Waals surface area contributed by atoms with Gasteiger partial charge in [-0.15, -0.1) is 5.10 Å². The number of hydrogen-bond acceptors (Lipinski definition) is 4. The molecule has 5 nitrogen and oxygen atoms in total. The molecule has 5 heteroatoms. The summed E-state index contributed by atoms with van der Waals surface area (Å²) in [5, 5.41) is 7.23. The molecule has 0 bridgehead atoms. The van der Waals surface area contributed by atoms with Gasteiger partial charge in [-0.25, -0.2) is 0 Å². The van der Waals surface area contributed by atoms with Gasteiger partial charge in [0.2, 0.25) is 5.78 Å². The Labute approximate surface area is 64.2 Å². The van der Waals surface area contributed by atoms with E-state index >= 15 is 0 Å². The Hall–Kier alpha value is -1.23. The van der Waals surface area contributed by atoms with Gasteiger partial charge in [0.25, 0.3) is 0 Å². The number of ketones is 1. The van der Waals surface area contributed by atoms with Crippen LogP contribution in [0.3, 0.4) is 0 Å². The van der Waals surface area contributed by atoms with Crippen LogP contribution in [0.1, 0.15) is 17.4 Å². The first-order valence-electron chi connectivity index (χ1n) is 3.27. The summed E-state index contributed by atoms with van der Waals surface area (Å²) in [5.74, 6) is -0.182. The second-order valence-corrected chi connectivity index (χ2v) is 2.43. The van der Waals surface area contributed by atoms with E-state index in [1.54, 1.807) is 20.2 Å². The van der Waals surface area contributed by atoms with Crippen molar-refractivity contribution in [2.75, 3.05) is 0 Å². The number of rotatable bonds is 2. The van der Waals surface area contributed by atoms with Gasteiger partial charge in [-0.3, -0.25) is 9.48 Å². The van der Waals surface area contributed by atoms with Crippen molar-refractivity contribution in [2.24, 2.45) is 12.8 Å². The number of aryl methyl sites for hydroxylation is 1. The molecule has 60 valence electrons. The SMILES string of the molecule is C[C@@H](N)C(=O)c1cn(C)nn1. The third-order valence-electron chi connectivity index (χ3n) is 1.27. The van der Waals surface area contributed by atoms with Crippen molar-refractivity contribution in [1.29, 1.82) is 0 Å². The van der Waals surface area contributed by atoms with Crippen molar-refractivity contribution < 1.29 is 4.79 Å². The Balaban J connectivity index is 2.85. The summed E-state index contributed by atoms with van der Waals surface area (Å²) in [5.41, 5.74) is 5.67. The highest BCUT2D eigenvalue weighted by molar-refractivity contribution is 5.97. The topological polar surface area (TPSA) is 73.8 Å². The van der Waals surface area contributed by atoms with Gasteiger partial charge in [-0.1, -0.05) is 5.21 Å². The predicted octanol–water partition coefficient (Wildman–Crippen LogP) is -0.655. The zero-order valence-electron chi connectivity index (χ0n) is 6.48. The van der Waals surface area contributed by atoms with E-state index in [2.05, 4.69) is 10.3 Å². The quantitative estimate of drug-likeness (QED) is 0.574. The molecule has 0 radical (unpaired) electrons. The van der Waals surface area contributed by atoms with Crippen LogP contribution >= 0.6 is 0 Å². The average molecular weight is 154 g/mol. The van der Waals surface area contributed by atoms with Crippen molar-refractivity contribution in [3.05, 3.63) is 11.9 Å². The maximum Gasteiger partial charge on any atom is 0.201 e. The van der Waals surface area contributed by atoms with Gasteiger partial charge in [0.1, 0.15) is 5.69 Å². The number of aromatic nitrogens is 3. The summed E-state index contributed by atoms with van der Waals surface area (Å²) < 4.78 is 1.47. The summed E-state index contributed by atoms with van der Waals surface area (Å²) >= 11 is 0. The van der Waals surface area contributed by atoms with Crippen LogP contribution in [0.5, 0.6) is 0 Å². The molecular weight excluding hydrogens is 144 g/mol. The van der Waals surface area contributed by atoms with Crippen LogP contribution in [0.2, 0.25) is 0 Å². The van der Waals surface area contributed by atoms with Crippen molar-refractivity contribution in [2.45, 2.75) is 13.0 Å². The Kier molecular flexibility index (Phi) is 2.00. The smallest absolute Gasteiger partial charge is 0.201 e. The fourth-order valence-corrected chi connectivity index (χ4v) is 0.693. The lowest BCUT2D eigenvalue weighted by Gasteiger charge is -1.97. The minimum absolute atomic E-state index is 0.182. The van der Waals surface area contributed by atoms with Crippen LogP contribution in [0, 0.1) is 0 Å². The van der Waals surface area contributed by atoms with Crippen LogP contribution in [-0.4, -0.2) is 26.8 Å². The first-order valence-corrected chi connectivity index (χ1v) is 3.27. The highest BCUT2D eigenvalue weighted by Gasteiger charge is 2.13. The van der Waals surface area contributed by atoms with Crippen molar-refractivity contribution in [3.63, 3.8) is 0 Å². The molecule has 0 fully saturated rings. The second-order valence-electron chi connectivity index (χ2n) is 2.43. The zero-order valence-corrected chi connectivity index (χ0v) is 6.48. The Morgan fingerprint density at radius 3 is 2.82 bits per heavy atom. The van der Waals surface area contributed by atoms with E-state index in [0.29, 0.717) is 5.69 Å². The monoisotopic (exact) mass is 154 g/mol. The van der Waals surface area contributed by atoms with Gasteiger partial charge in [0.05, 0.1) is 12.2 Å². The number of nitrogens with zero attached hydrogens (tertiary/aromatic N) is 3. The molecule has 1 heterocycles. The molecule has 0 unspecified atom stereocenters. The molecular formula is C6H10N4O. The minimum Gasteiger partial charge on any atom is -0.321 e. The van der Waals surface area contributed by atoms with Crippen molar-refractivity contribution in [1.82, 2.24) is 15.0 Å². The molecule has 2 N–H and O–H groups in total. The van der Waals surface area contributed by atoms with Gasteiger partial charge in [0.15, 0.2) is 0 Å². The molecule has 0 saturated heterocycles. The lowest BCUT2D eigenvalue weighted by molar-refractivity contribution is 0.0963. The molecule has 0 amide bonds. The van der Waals surface area contributed by atoms with E-state index in [4.69, 9.17) is 5.73 Å². The fourth-order valence-electron chi connectivity index (χ4n) is 0.693. The van der Waals surface area contributed by atoms with Crippen molar-refractivity contribution >= 4 is 5.78 Å². The summed E-state index contributed by atoms with van der Waals surface area (Å²) in [6.45, 7) is 1.62. The Morgan fingerprint density at radius 2 is 2.45 bits per heavy atom. The van der Waals surface area contributed by atoms with E-state index < -0.39 is 6.04 Å². The van der Waals surface area contributed by atoms with Gasteiger partial charge in [0, 0.05) is 7.05 Å². The lowest BCUT2D eigenvalue weighted by atomic mass is 10.2. The molecule has 0 saturated carbocycles. The number of nitrogens with two attached hydrogens (primary N) is 1. The number of Topliss-reactive ketones (excluding diaryl/α,β-unsaturated/α-hetero) is 1. The van der Waals surface area contributed by atoms with E-state index in [-0.39, 0.29) is 5.78 Å². The normalized spacial score (nSPS) is 13.0. The maximum atomic E-state index is 11.1. The molecule has 0 spiro atoms. The molecule has 1 rings (SSSR count). The second kappa shape index (κ2) is 2.79. The highest BCUT2D eigenvalue weighted by Crippen LogP contribution is 1.95. The van der Waals surface area contributed by atoms with Gasteiger partial charge in [-0.05, 0) is 6.92 Å². The molecule has 1 aromatic heterocycles. The van der Waals surface area contributed by atoms with Crippen molar-refractivity contribution in [3.8, 4) is 0 Å². The van der Waals surface area contributed by atoms with Crippen LogP contribution < -0.4 is 5.73 Å². The molecule has 0 aliphatic heterocycles. The number of carbonyl (C=O) groups is 1. The highest BCUT2D eigenvalue weighted by atomic mass is 16.1. The molecule has 1 aromatic rings. The first kappa shape index (κ1) is 7.87. The molecule has 0 aliphatic rings. The summed E-state index contributed by atoms with van der Waals surface area (Å²) in [6, 6.07) is -0.508. The largest absolute Gasteiger partial charge is 0.321 e. The Morgan fingerprint density at radius 1 is 1.82 bits per heavy atom. The van der Waals surface area contributed by atoms with E-state index in [1.807, 2.05) is 0 Å². The fraction of sp³-hybridized carbons (Fsp3) is 0.500. The minimum atomic E-state index is -0.508.